The van der Waals surface area contributed by atoms with Gasteiger partial charge in [0.05, 0.1) is 10.9 Å². The second kappa shape index (κ2) is 3.72. The highest BCUT2D eigenvalue weighted by Gasteiger charge is 2.27. The lowest BCUT2D eigenvalue weighted by Gasteiger charge is -2.21. The van der Waals surface area contributed by atoms with E-state index in [2.05, 4.69) is 0 Å². The molecule has 5 heteroatoms. The first-order valence-corrected chi connectivity index (χ1v) is 5.36. The summed E-state index contributed by atoms with van der Waals surface area (Å²) >= 11 is 0. The molecule has 0 radical (unpaired) electrons. The van der Waals surface area contributed by atoms with Gasteiger partial charge in [-0.15, -0.1) is 0 Å². The Labute approximate surface area is 73.4 Å². The van der Waals surface area contributed by atoms with Crippen LogP contribution in [-0.4, -0.2) is 28.9 Å². The molecular weight excluding hydrogens is 180 g/mol. The van der Waals surface area contributed by atoms with Crippen LogP contribution in [0.5, 0.6) is 0 Å². The van der Waals surface area contributed by atoms with Gasteiger partial charge in [0.25, 0.3) is 10.1 Å². The highest BCUT2D eigenvalue weighted by Crippen LogP contribution is 2.18. The third-order valence-electron chi connectivity index (χ3n) is 1.60. The summed E-state index contributed by atoms with van der Waals surface area (Å²) in [5.74, 6) is 0. The first kappa shape index (κ1) is 11.9. The maximum atomic E-state index is 10.7. The van der Waals surface area contributed by atoms with Crippen molar-refractivity contribution in [2.24, 2.45) is 0 Å². The van der Waals surface area contributed by atoms with Gasteiger partial charge in [-0.1, -0.05) is 6.92 Å². The van der Waals surface area contributed by atoms with Crippen molar-refractivity contribution in [2.75, 3.05) is 0 Å². The van der Waals surface area contributed by atoms with Crippen LogP contribution >= 0.6 is 0 Å². The smallest absolute Gasteiger partial charge is 0.267 e. The van der Waals surface area contributed by atoms with Gasteiger partial charge in [0.15, 0.2) is 0 Å². The van der Waals surface area contributed by atoms with Crippen LogP contribution in [0.4, 0.5) is 0 Å². The summed E-state index contributed by atoms with van der Waals surface area (Å²) in [5.41, 5.74) is -1.06. The van der Waals surface area contributed by atoms with Crippen LogP contribution in [0.15, 0.2) is 0 Å². The van der Waals surface area contributed by atoms with E-state index in [1.807, 2.05) is 0 Å². The van der Waals surface area contributed by atoms with Gasteiger partial charge in [0.2, 0.25) is 0 Å². The Morgan fingerprint density at radius 3 is 1.92 bits per heavy atom. The fourth-order valence-corrected chi connectivity index (χ4v) is 2.06. The van der Waals surface area contributed by atoms with Crippen LogP contribution in [-0.2, 0) is 10.1 Å². The van der Waals surface area contributed by atoms with Crippen molar-refractivity contribution < 1.29 is 18.1 Å². The molecule has 74 valence electrons. The predicted molar refractivity (Wildman–Crippen MR) is 46.5 cm³/mol. The van der Waals surface area contributed by atoms with Gasteiger partial charge >= 0.3 is 0 Å². The summed E-state index contributed by atoms with van der Waals surface area (Å²) in [6.45, 7) is 4.69. The van der Waals surface area contributed by atoms with Crippen molar-refractivity contribution in [1.29, 1.82) is 0 Å². The standard InChI is InChI=1S/C7H16O4S/c1-4-6(12(9,10)11)5-7(2,3)8/h6,8H,4-5H2,1-3H3,(H,9,10,11). The zero-order valence-electron chi connectivity index (χ0n) is 7.61. The summed E-state index contributed by atoms with van der Waals surface area (Å²) in [5, 5.41) is 8.44. The molecule has 0 heterocycles. The molecule has 0 bridgehead atoms. The fraction of sp³-hybridized carbons (Fsp3) is 1.00. The minimum atomic E-state index is -4.01. The second-order valence-corrected chi connectivity index (χ2v) is 5.26. The van der Waals surface area contributed by atoms with Crippen LogP contribution in [0, 0.1) is 0 Å². The topological polar surface area (TPSA) is 74.6 Å². The molecule has 0 aromatic rings. The monoisotopic (exact) mass is 196 g/mol. The predicted octanol–water partition coefficient (Wildman–Crippen LogP) is 0.814. The number of hydrogen-bond donors (Lipinski definition) is 2. The van der Waals surface area contributed by atoms with Crippen LogP contribution < -0.4 is 0 Å². The second-order valence-electron chi connectivity index (χ2n) is 3.56. The zero-order valence-corrected chi connectivity index (χ0v) is 8.43. The Hall–Kier alpha value is -0.130. The van der Waals surface area contributed by atoms with Gasteiger partial charge in [0.1, 0.15) is 0 Å². The maximum Gasteiger partial charge on any atom is 0.267 e. The number of rotatable bonds is 4. The highest BCUT2D eigenvalue weighted by atomic mass is 32.2. The van der Waals surface area contributed by atoms with E-state index in [1.54, 1.807) is 6.92 Å². The van der Waals surface area contributed by atoms with Crippen molar-refractivity contribution in [3.05, 3.63) is 0 Å². The van der Waals surface area contributed by atoms with Crippen molar-refractivity contribution in [3.8, 4) is 0 Å². The van der Waals surface area contributed by atoms with Crippen molar-refractivity contribution in [2.45, 2.75) is 44.5 Å². The summed E-state index contributed by atoms with van der Waals surface area (Å²) in [6, 6.07) is 0. The summed E-state index contributed by atoms with van der Waals surface area (Å²) < 4.78 is 30.1. The number of hydrogen-bond acceptors (Lipinski definition) is 3. The molecule has 2 N–H and O–H groups in total. The molecule has 0 aromatic carbocycles. The maximum absolute atomic E-state index is 10.7. The van der Waals surface area contributed by atoms with Crippen LogP contribution in [0.25, 0.3) is 0 Å². The molecule has 0 fully saturated rings. The first-order valence-electron chi connectivity index (χ1n) is 3.85. The quantitative estimate of drug-likeness (QED) is 0.653. The molecule has 1 atom stereocenters. The van der Waals surface area contributed by atoms with E-state index in [0.717, 1.165) is 0 Å². The SMILES string of the molecule is CCC(CC(C)(C)O)S(=O)(=O)O. The Balaban J connectivity index is 4.41. The molecule has 0 saturated heterocycles. The largest absolute Gasteiger partial charge is 0.390 e. The molecule has 0 aromatic heterocycles. The first-order chi connectivity index (χ1) is 5.17. The molecule has 0 aliphatic heterocycles. The van der Waals surface area contributed by atoms with Gasteiger partial charge < -0.3 is 5.11 Å². The lowest BCUT2D eigenvalue weighted by Crippen LogP contribution is -2.31. The lowest BCUT2D eigenvalue weighted by atomic mass is 10.0. The fourth-order valence-electron chi connectivity index (χ4n) is 1.02. The van der Waals surface area contributed by atoms with Crippen LogP contribution in [0.3, 0.4) is 0 Å². The molecule has 0 saturated carbocycles. The highest BCUT2D eigenvalue weighted by molar-refractivity contribution is 7.86. The molecule has 0 amide bonds. The van der Waals surface area contributed by atoms with Crippen LogP contribution in [0.1, 0.15) is 33.6 Å². The molecule has 4 nitrogen and oxygen atoms in total. The van der Waals surface area contributed by atoms with E-state index in [4.69, 9.17) is 4.55 Å². The van der Waals surface area contributed by atoms with Gasteiger partial charge in [0, 0.05) is 0 Å². The minimum absolute atomic E-state index is 0.0579. The van der Waals surface area contributed by atoms with Crippen molar-refractivity contribution >= 4 is 10.1 Å². The molecule has 0 aliphatic rings. The van der Waals surface area contributed by atoms with Crippen molar-refractivity contribution in [3.63, 3.8) is 0 Å². The van der Waals surface area contributed by atoms with Gasteiger partial charge in [-0.2, -0.15) is 8.42 Å². The average Bonchev–Trinajstić information content (AvgIpc) is 1.78. The Bertz CT molecular complexity index is 224. The average molecular weight is 196 g/mol. The van der Waals surface area contributed by atoms with E-state index in [9.17, 15) is 13.5 Å². The molecule has 0 spiro atoms. The van der Waals surface area contributed by atoms with Gasteiger partial charge in [-0.3, -0.25) is 4.55 Å². The summed E-state index contributed by atoms with van der Waals surface area (Å²) in [4.78, 5) is 0. The molecule has 0 aliphatic carbocycles. The van der Waals surface area contributed by atoms with E-state index in [-0.39, 0.29) is 6.42 Å². The minimum Gasteiger partial charge on any atom is -0.390 e. The summed E-state index contributed by atoms with van der Waals surface area (Å²) in [6.07, 6.45) is 0.366. The zero-order chi connectivity index (χ0) is 9.99. The van der Waals surface area contributed by atoms with E-state index in [1.165, 1.54) is 13.8 Å². The van der Waals surface area contributed by atoms with E-state index < -0.39 is 21.0 Å². The molecular formula is C7H16O4S. The van der Waals surface area contributed by atoms with E-state index >= 15 is 0 Å². The Morgan fingerprint density at radius 1 is 1.42 bits per heavy atom. The third-order valence-corrected chi connectivity index (χ3v) is 2.95. The summed E-state index contributed by atoms with van der Waals surface area (Å²) in [7, 11) is -4.01. The molecule has 12 heavy (non-hydrogen) atoms. The normalized spacial score (nSPS) is 16.1. The van der Waals surface area contributed by atoms with Crippen LogP contribution in [0.2, 0.25) is 0 Å². The van der Waals surface area contributed by atoms with Gasteiger partial charge in [-0.25, -0.2) is 0 Å². The van der Waals surface area contributed by atoms with E-state index in [0.29, 0.717) is 6.42 Å². The Morgan fingerprint density at radius 2 is 1.83 bits per heavy atom. The third kappa shape index (κ3) is 4.69. The molecule has 1 unspecified atom stereocenters. The lowest BCUT2D eigenvalue weighted by molar-refractivity contribution is 0.0687. The van der Waals surface area contributed by atoms with Crippen molar-refractivity contribution in [1.82, 2.24) is 0 Å². The Kier molecular flexibility index (Phi) is 3.68. The molecule has 0 rings (SSSR count). The van der Waals surface area contributed by atoms with Gasteiger partial charge in [-0.05, 0) is 26.7 Å². The number of aliphatic hydroxyl groups is 1.